The molecule has 0 atom stereocenters. The normalized spacial score (nSPS) is 11.3. The van der Waals surface area contributed by atoms with Gasteiger partial charge in [0.05, 0.1) is 57.4 Å². The Hall–Kier alpha value is -1.81. The van der Waals surface area contributed by atoms with Crippen molar-refractivity contribution in [2.75, 3.05) is 46.2 Å². The number of nitrogens with two attached hydrogens (primary N) is 1. The first kappa shape index (κ1) is 19.5. The first-order chi connectivity index (χ1) is 12.3. The summed E-state index contributed by atoms with van der Waals surface area (Å²) in [6, 6.07) is 0. The molecule has 0 aromatic carbocycles. The van der Waals surface area contributed by atoms with Crippen molar-refractivity contribution in [3.05, 3.63) is 18.7 Å². The molecule has 2 N–H and O–H groups in total. The Labute approximate surface area is 148 Å². The van der Waals surface area contributed by atoms with E-state index in [2.05, 4.69) is 15.3 Å². The van der Waals surface area contributed by atoms with E-state index in [1.165, 1.54) is 0 Å². The highest BCUT2D eigenvalue weighted by molar-refractivity contribution is 5.51. The first-order valence-electron chi connectivity index (χ1n) is 8.61. The molecule has 2 rings (SSSR count). The van der Waals surface area contributed by atoms with Gasteiger partial charge in [-0.2, -0.15) is 0 Å². The maximum Gasteiger partial charge on any atom is 0.131 e. The zero-order chi connectivity index (χ0) is 17.7. The molecule has 0 bridgehead atoms. The van der Waals surface area contributed by atoms with Crippen LogP contribution < -0.4 is 5.73 Å². The van der Waals surface area contributed by atoms with Gasteiger partial charge in [-0.25, -0.2) is 4.98 Å². The van der Waals surface area contributed by atoms with Crippen molar-refractivity contribution in [3.63, 3.8) is 0 Å². The lowest BCUT2D eigenvalue weighted by atomic mass is 10.3. The highest BCUT2D eigenvalue weighted by atomic mass is 16.5. The number of hydrogen-bond donors (Lipinski definition) is 1. The Bertz CT molecular complexity index is 586. The number of imidazole rings is 1. The molecule has 0 fully saturated rings. The smallest absolute Gasteiger partial charge is 0.131 e. The van der Waals surface area contributed by atoms with E-state index in [0.717, 1.165) is 37.4 Å². The molecule has 0 unspecified atom stereocenters. The lowest BCUT2D eigenvalue weighted by Gasteiger charge is -2.06. The summed E-state index contributed by atoms with van der Waals surface area (Å²) in [6.07, 6.45) is 7.44. The third-order valence-corrected chi connectivity index (χ3v) is 3.55. The molecule has 0 saturated carbocycles. The number of unbranched alkanes of at least 4 members (excludes halogenated alkanes) is 1. The molecule has 9 heteroatoms. The third kappa shape index (κ3) is 7.30. The lowest BCUT2D eigenvalue weighted by molar-refractivity contribution is 0.0152. The molecule has 2 aromatic heterocycles. The number of aromatic nitrogens is 5. The molecule has 0 radical (unpaired) electrons. The van der Waals surface area contributed by atoms with Crippen LogP contribution in [-0.2, 0) is 27.8 Å². The molecule has 2 aromatic rings. The van der Waals surface area contributed by atoms with Crippen LogP contribution in [0.5, 0.6) is 0 Å². The predicted octanol–water partition coefficient (Wildman–Crippen LogP) is 0.467. The second-order valence-electron chi connectivity index (χ2n) is 5.59. The van der Waals surface area contributed by atoms with Gasteiger partial charge in [0.25, 0.3) is 0 Å². The quantitative estimate of drug-likeness (QED) is 0.493. The van der Waals surface area contributed by atoms with Gasteiger partial charge in [0.15, 0.2) is 0 Å². The highest BCUT2D eigenvalue weighted by Gasteiger charge is 2.07. The Morgan fingerprint density at radius 1 is 1.00 bits per heavy atom. The average Bonchev–Trinajstić information content (AvgIpc) is 3.24. The van der Waals surface area contributed by atoms with Gasteiger partial charge >= 0.3 is 0 Å². The molecule has 0 spiro atoms. The summed E-state index contributed by atoms with van der Waals surface area (Å²) in [5.41, 5.74) is 7.12. The lowest BCUT2D eigenvalue weighted by Crippen LogP contribution is -2.13. The van der Waals surface area contributed by atoms with Gasteiger partial charge in [0.2, 0.25) is 0 Å². The van der Waals surface area contributed by atoms with Gasteiger partial charge in [-0.15, -0.1) is 5.10 Å². The fourth-order valence-electron chi connectivity index (χ4n) is 2.23. The van der Waals surface area contributed by atoms with Crippen molar-refractivity contribution in [1.82, 2.24) is 24.5 Å². The topological polar surface area (TPSA) is 102 Å². The largest absolute Gasteiger partial charge is 0.379 e. The van der Waals surface area contributed by atoms with Gasteiger partial charge in [-0.3, -0.25) is 4.68 Å². The van der Waals surface area contributed by atoms with Gasteiger partial charge in [-0.1, -0.05) is 5.21 Å². The van der Waals surface area contributed by atoms with Crippen LogP contribution >= 0.6 is 0 Å². The molecular weight excluding hydrogens is 324 g/mol. The molecule has 9 nitrogen and oxygen atoms in total. The summed E-state index contributed by atoms with van der Waals surface area (Å²) in [4.78, 5) is 4.09. The second-order valence-corrected chi connectivity index (χ2v) is 5.59. The maximum atomic E-state index is 5.54. The van der Waals surface area contributed by atoms with Crippen LogP contribution in [0, 0.1) is 0 Å². The third-order valence-electron chi connectivity index (χ3n) is 3.55. The van der Waals surface area contributed by atoms with Crippen LogP contribution in [0.4, 0.5) is 0 Å². The Balaban J connectivity index is 1.46. The van der Waals surface area contributed by atoms with Crippen LogP contribution in [-0.4, -0.2) is 70.7 Å². The molecule has 2 heterocycles. The SMILES string of the molecule is Cn1cncc1-c1cn(CCCCOCCOCCOCCN)nn1. The monoisotopic (exact) mass is 352 g/mol. The van der Waals surface area contributed by atoms with Gasteiger partial charge in [0, 0.05) is 26.7 Å². The van der Waals surface area contributed by atoms with E-state index in [1.54, 1.807) is 12.5 Å². The predicted molar refractivity (Wildman–Crippen MR) is 93.0 cm³/mol. The minimum absolute atomic E-state index is 0.544. The molecule has 25 heavy (non-hydrogen) atoms. The summed E-state index contributed by atoms with van der Waals surface area (Å²) >= 11 is 0. The molecule has 140 valence electrons. The summed E-state index contributed by atoms with van der Waals surface area (Å²) in [5.74, 6) is 0. The second kappa shape index (κ2) is 11.7. The first-order valence-corrected chi connectivity index (χ1v) is 8.61. The standard InChI is InChI=1S/C16H28N6O3/c1-21-14-18-12-16(21)15-13-22(20-19-15)5-2-3-6-23-8-10-25-11-9-24-7-4-17/h12-14H,2-11,17H2,1H3. The van der Waals surface area contributed by atoms with Crippen molar-refractivity contribution >= 4 is 0 Å². The van der Waals surface area contributed by atoms with Crippen molar-refractivity contribution in [2.45, 2.75) is 19.4 Å². The maximum absolute atomic E-state index is 5.54. The average molecular weight is 352 g/mol. The molecular formula is C16H28N6O3. The minimum atomic E-state index is 0.544. The van der Waals surface area contributed by atoms with E-state index in [-0.39, 0.29) is 0 Å². The number of ether oxygens (including phenoxy) is 3. The number of aryl methyl sites for hydroxylation is 2. The van der Waals surface area contributed by atoms with Gasteiger partial charge in [0.1, 0.15) is 5.69 Å². The van der Waals surface area contributed by atoms with Crippen molar-refractivity contribution < 1.29 is 14.2 Å². The van der Waals surface area contributed by atoms with Crippen molar-refractivity contribution in [2.24, 2.45) is 12.8 Å². The van der Waals surface area contributed by atoms with Crippen molar-refractivity contribution in [3.8, 4) is 11.4 Å². The molecule has 0 aliphatic rings. The van der Waals surface area contributed by atoms with E-state index < -0.39 is 0 Å². The van der Waals surface area contributed by atoms with Gasteiger partial charge in [-0.05, 0) is 12.8 Å². The van der Waals surface area contributed by atoms with Crippen molar-refractivity contribution in [1.29, 1.82) is 0 Å². The van der Waals surface area contributed by atoms with Crippen LogP contribution in [0.25, 0.3) is 11.4 Å². The fraction of sp³-hybridized carbons (Fsp3) is 0.688. The van der Waals surface area contributed by atoms with E-state index in [4.69, 9.17) is 19.9 Å². The van der Waals surface area contributed by atoms with Crippen LogP contribution in [0.15, 0.2) is 18.7 Å². The van der Waals surface area contributed by atoms with Crippen LogP contribution in [0.3, 0.4) is 0 Å². The van der Waals surface area contributed by atoms with E-state index >= 15 is 0 Å². The molecule has 0 amide bonds. The Morgan fingerprint density at radius 3 is 2.40 bits per heavy atom. The van der Waals surface area contributed by atoms with E-state index in [9.17, 15) is 0 Å². The number of rotatable bonds is 14. The Kier molecular flexibility index (Phi) is 9.13. The Morgan fingerprint density at radius 2 is 1.72 bits per heavy atom. The summed E-state index contributed by atoms with van der Waals surface area (Å²) in [7, 11) is 1.94. The minimum Gasteiger partial charge on any atom is -0.379 e. The van der Waals surface area contributed by atoms with Crippen LogP contribution in [0.1, 0.15) is 12.8 Å². The number of nitrogens with zero attached hydrogens (tertiary/aromatic N) is 5. The number of hydrogen-bond acceptors (Lipinski definition) is 7. The summed E-state index contributed by atoms with van der Waals surface area (Å²) in [6.45, 7) is 5.01. The zero-order valence-corrected chi connectivity index (χ0v) is 14.8. The summed E-state index contributed by atoms with van der Waals surface area (Å²) in [5, 5.41) is 8.33. The van der Waals surface area contributed by atoms with E-state index in [1.807, 2.05) is 22.5 Å². The van der Waals surface area contributed by atoms with Gasteiger partial charge < -0.3 is 24.5 Å². The fourth-order valence-corrected chi connectivity index (χ4v) is 2.23. The molecule has 0 aliphatic heterocycles. The molecule has 0 aliphatic carbocycles. The zero-order valence-electron chi connectivity index (χ0n) is 14.8. The van der Waals surface area contributed by atoms with Crippen LogP contribution in [0.2, 0.25) is 0 Å². The van der Waals surface area contributed by atoms with E-state index in [0.29, 0.717) is 39.6 Å². The molecule has 0 saturated heterocycles. The summed E-state index contributed by atoms with van der Waals surface area (Å²) < 4.78 is 19.9. The highest BCUT2D eigenvalue weighted by Crippen LogP contribution is 2.14.